The molecule has 2 aromatic rings. The number of nitrogens with one attached hydrogen (secondary N) is 4. The number of aromatic nitrogens is 2. The largest absolute Gasteiger partial charge is 0.508 e. The average Bonchev–Trinajstić information content (AvgIpc) is 3.40. The Morgan fingerprint density at radius 1 is 0.974 bits per heavy atom. The first-order valence-corrected chi connectivity index (χ1v) is 12.5. The fraction of sp³-hybridized carbons (Fsp3) is 0.480. The van der Waals surface area contributed by atoms with E-state index < -0.39 is 54.0 Å². The molecule has 14 nitrogen and oxygen atoms in total. The highest BCUT2D eigenvalue weighted by molar-refractivity contribution is 5.94. The molecule has 1 aromatic carbocycles. The Hall–Kier alpha value is -4.01. The third-order valence-electron chi connectivity index (χ3n) is 5.97. The molecule has 5 unspecified atom stereocenters. The average molecular weight is 548 g/mol. The zero-order valence-electron chi connectivity index (χ0n) is 21.7. The number of imidazole rings is 1. The van der Waals surface area contributed by atoms with Crippen molar-refractivity contribution in [2.45, 2.75) is 69.3 Å². The van der Waals surface area contributed by atoms with Crippen molar-refractivity contribution in [1.29, 1.82) is 0 Å². The molecule has 5 atom stereocenters. The molecule has 3 amide bonds. The van der Waals surface area contributed by atoms with Gasteiger partial charge in [-0.2, -0.15) is 0 Å². The van der Waals surface area contributed by atoms with Gasteiger partial charge in [-0.1, -0.05) is 12.1 Å². The molecule has 1 heterocycles. The van der Waals surface area contributed by atoms with Gasteiger partial charge in [0.05, 0.1) is 18.5 Å². The molecule has 0 saturated heterocycles. The van der Waals surface area contributed by atoms with E-state index in [-0.39, 0.29) is 25.0 Å². The number of carbonyl (C=O) groups excluding carboxylic acids is 3. The first kappa shape index (κ1) is 31.2. The summed E-state index contributed by atoms with van der Waals surface area (Å²) >= 11 is 0. The Balaban J connectivity index is 2.17. The molecule has 0 aliphatic heterocycles. The maximum absolute atomic E-state index is 13.3. The number of benzene rings is 1. The van der Waals surface area contributed by atoms with E-state index in [4.69, 9.17) is 11.5 Å². The third kappa shape index (κ3) is 10.3. The molecule has 0 aliphatic carbocycles. The number of phenolic OH excluding ortho intramolecular Hbond substituents is 1. The van der Waals surface area contributed by atoms with Gasteiger partial charge in [0.25, 0.3) is 0 Å². The second-order valence-electron chi connectivity index (χ2n) is 9.23. The normalized spacial score (nSPS) is 14.9. The molecule has 0 aliphatic rings. The zero-order valence-corrected chi connectivity index (χ0v) is 21.7. The van der Waals surface area contributed by atoms with Crippen molar-refractivity contribution in [2.24, 2.45) is 11.5 Å². The van der Waals surface area contributed by atoms with Crippen molar-refractivity contribution in [3.8, 4) is 5.75 Å². The van der Waals surface area contributed by atoms with Crippen molar-refractivity contribution in [1.82, 2.24) is 25.9 Å². The lowest BCUT2D eigenvalue weighted by atomic mass is 10.0. The van der Waals surface area contributed by atoms with Gasteiger partial charge in [-0.05, 0) is 56.8 Å². The fourth-order valence-electron chi connectivity index (χ4n) is 3.76. The maximum Gasteiger partial charge on any atom is 0.328 e. The summed E-state index contributed by atoms with van der Waals surface area (Å²) in [5, 5.41) is 36.0. The van der Waals surface area contributed by atoms with E-state index in [1.54, 1.807) is 12.1 Å². The van der Waals surface area contributed by atoms with Gasteiger partial charge in [-0.15, -0.1) is 0 Å². The number of aliphatic hydroxyl groups is 1. The number of carboxylic acids is 1. The summed E-state index contributed by atoms with van der Waals surface area (Å²) < 4.78 is 0. The van der Waals surface area contributed by atoms with E-state index >= 15 is 0 Å². The molecule has 1 aromatic heterocycles. The third-order valence-corrected chi connectivity index (χ3v) is 5.97. The number of unbranched alkanes of at least 4 members (excludes halogenated alkanes) is 1. The Labute approximate surface area is 225 Å². The lowest BCUT2D eigenvalue weighted by molar-refractivity contribution is -0.145. The van der Waals surface area contributed by atoms with Gasteiger partial charge in [0, 0.05) is 18.3 Å². The lowest BCUT2D eigenvalue weighted by Crippen LogP contribution is -2.59. The van der Waals surface area contributed by atoms with Gasteiger partial charge in [0.1, 0.15) is 17.8 Å². The molecule has 0 saturated carbocycles. The van der Waals surface area contributed by atoms with Crippen LogP contribution >= 0.6 is 0 Å². The van der Waals surface area contributed by atoms with Crippen LogP contribution in [0.5, 0.6) is 5.75 Å². The van der Waals surface area contributed by atoms with E-state index in [9.17, 15) is 34.5 Å². The Bertz CT molecular complexity index is 1080. The highest BCUT2D eigenvalue weighted by Crippen LogP contribution is 2.11. The van der Waals surface area contributed by atoms with Crippen LogP contribution < -0.4 is 27.4 Å². The number of hydrogen-bond acceptors (Lipinski definition) is 9. The summed E-state index contributed by atoms with van der Waals surface area (Å²) in [6.45, 7) is 1.59. The summed E-state index contributed by atoms with van der Waals surface area (Å²) in [6.07, 6.45) is 2.83. The summed E-state index contributed by atoms with van der Waals surface area (Å²) in [7, 11) is 0. The standard InChI is InChI=1S/C25H37N7O7/c1-14(33)21(25(38)39)32-24(37)20(11-16-12-28-13-29-16)31-23(36)19(4-2-3-9-26)30-22(35)18(27)10-15-5-7-17(34)8-6-15/h5-8,12-14,18-21,33-34H,2-4,9-11,26-27H2,1H3,(H,28,29)(H,30,35)(H,31,36)(H,32,37)(H,38,39). The van der Waals surface area contributed by atoms with Crippen LogP contribution in [0.25, 0.3) is 0 Å². The maximum atomic E-state index is 13.3. The number of aliphatic hydroxyl groups excluding tert-OH is 1. The quantitative estimate of drug-likeness (QED) is 0.108. The molecule has 39 heavy (non-hydrogen) atoms. The molecule has 0 bridgehead atoms. The molecule has 2 rings (SSSR count). The molecular weight excluding hydrogens is 510 g/mol. The topological polar surface area (TPSA) is 246 Å². The number of rotatable bonds is 16. The number of hydrogen-bond donors (Lipinski definition) is 9. The first-order chi connectivity index (χ1) is 18.5. The first-order valence-electron chi connectivity index (χ1n) is 12.5. The van der Waals surface area contributed by atoms with Gasteiger partial charge in [-0.3, -0.25) is 14.4 Å². The smallest absolute Gasteiger partial charge is 0.328 e. The predicted octanol–water partition coefficient (Wildman–Crippen LogP) is -1.72. The molecule has 0 radical (unpaired) electrons. The number of aromatic amines is 1. The molecule has 14 heteroatoms. The molecule has 0 spiro atoms. The fourth-order valence-corrected chi connectivity index (χ4v) is 3.76. The van der Waals surface area contributed by atoms with Crippen LogP contribution in [0, 0.1) is 0 Å². The van der Waals surface area contributed by atoms with E-state index in [2.05, 4.69) is 25.9 Å². The summed E-state index contributed by atoms with van der Waals surface area (Å²) in [6, 6.07) is 1.30. The van der Waals surface area contributed by atoms with E-state index in [0.29, 0.717) is 30.6 Å². The number of phenols is 1. The van der Waals surface area contributed by atoms with Crippen molar-refractivity contribution in [3.63, 3.8) is 0 Å². The van der Waals surface area contributed by atoms with Gasteiger partial charge in [0.2, 0.25) is 17.7 Å². The molecule has 214 valence electrons. The predicted molar refractivity (Wildman–Crippen MR) is 140 cm³/mol. The van der Waals surface area contributed by atoms with Crippen molar-refractivity contribution < 1.29 is 34.5 Å². The van der Waals surface area contributed by atoms with Gasteiger partial charge in [0.15, 0.2) is 6.04 Å². The van der Waals surface area contributed by atoms with Crippen LogP contribution in [-0.2, 0) is 32.0 Å². The van der Waals surface area contributed by atoms with Crippen molar-refractivity contribution in [3.05, 3.63) is 48.0 Å². The number of nitrogens with two attached hydrogens (primary N) is 2. The van der Waals surface area contributed by atoms with Crippen LogP contribution in [0.4, 0.5) is 0 Å². The van der Waals surface area contributed by atoms with Crippen molar-refractivity contribution >= 4 is 23.7 Å². The van der Waals surface area contributed by atoms with Crippen LogP contribution in [0.2, 0.25) is 0 Å². The minimum Gasteiger partial charge on any atom is -0.508 e. The molecule has 0 fully saturated rings. The Kier molecular flexibility index (Phi) is 12.3. The van der Waals surface area contributed by atoms with Gasteiger partial charge >= 0.3 is 5.97 Å². The van der Waals surface area contributed by atoms with Gasteiger partial charge in [-0.25, -0.2) is 9.78 Å². The zero-order chi connectivity index (χ0) is 28.9. The Morgan fingerprint density at radius 3 is 2.18 bits per heavy atom. The van der Waals surface area contributed by atoms with Crippen LogP contribution in [0.15, 0.2) is 36.8 Å². The summed E-state index contributed by atoms with van der Waals surface area (Å²) in [5.41, 5.74) is 12.8. The highest BCUT2D eigenvalue weighted by Gasteiger charge is 2.32. The minimum atomic E-state index is -1.60. The summed E-state index contributed by atoms with van der Waals surface area (Å²) in [5.74, 6) is -3.49. The number of carbonyl (C=O) groups is 4. The molecular formula is C25H37N7O7. The highest BCUT2D eigenvalue weighted by atomic mass is 16.4. The molecule has 11 N–H and O–H groups in total. The second kappa shape index (κ2) is 15.4. The van der Waals surface area contributed by atoms with Crippen LogP contribution in [0.1, 0.15) is 37.4 Å². The van der Waals surface area contributed by atoms with Crippen LogP contribution in [0.3, 0.4) is 0 Å². The van der Waals surface area contributed by atoms with Crippen molar-refractivity contribution in [2.75, 3.05) is 6.54 Å². The van der Waals surface area contributed by atoms with E-state index in [0.717, 1.165) is 0 Å². The number of H-pyrrole nitrogens is 1. The Morgan fingerprint density at radius 2 is 1.62 bits per heavy atom. The monoisotopic (exact) mass is 547 g/mol. The van der Waals surface area contributed by atoms with Gasteiger partial charge < -0.3 is 47.7 Å². The number of nitrogens with zero attached hydrogens (tertiary/aromatic N) is 1. The van der Waals surface area contributed by atoms with E-state index in [1.165, 1.54) is 31.6 Å². The van der Waals surface area contributed by atoms with E-state index in [1.807, 2.05) is 0 Å². The number of aliphatic carboxylic acids is 1. The second-order valence-corrected chi connectivity index (χ2v) is 9.23. The number of carboxylic acid groups (broad SMARTS) is 1. The minimum absolute atomic E-state index is 0.0619. The SMILES string of the molecule is CC(O)C(NC(=O)C(Cc1cnc[nH]1)NC(=O)C(CCCCN)NC(=O)C(N)Cc1ccc(O)cc1)C(=O)O. The summed E-state index contributed by atoms with van der Waals surface area (Å²) in [4.78, 5) is 57.3. The number of aromatic hydroxyl groups is 1. The lowest BCUT2D eigenvalue weighted by Gasteiger charge is -2.25. The number of amides is 3. The van der Waals surface area contributed by atoms with Crippen LogP contribution in [-0.4, -0.2) is 85.8 Å².